The van der Waals surface area contributed by atoms with Gasteiger partial charge in [-0.15, -0.1) is 0 Å². The lowest BCUT2D eigenvalue weighted by molar-refractivity contribution is -0.181. The summed E-state index contributed by atoms with van der Waals surface area (Å²) in [5.41, 5.74) is -1.14. The van der Waals surface area contributed by atoms with E-state index in [0.717, 1.165) is 19.3 Å². The molecule has 0 heterocycles. The summed E-state index contributed by atoms with van der Waals surface area (Å²) in [6, 6.07) is 0. The lowest BCUT2D eigenvalue weighted by atomic mass is 9.70. The first-order valence-electron chi connectivity index (χ1n) is 9.92. The fraction of sp³-hybridized carbons (Fsp3) is 0.905. The minimum atomic E-state index is -1.14. The zero-order chi connectivity index (χ0) is 19.4. The van der Waals surface area contributed by atoms with Gasteiger partial charge in [0.25, 0.3) is 0 Å². The number of carbonyl (C=O) groups excluding carboxylic acids is 2. The van der Waals surface area contributed by atoms with Crippen LogP contribution < -0.4 is 0 Å². The second kappa shape index (κ2) is 9.05. The molecule has 0 aromatic heterocycles. The highest BCUT2D eigenvalue weighted by Gasteiger charge is 2.60. The van der Waals surface area contributed by atoms with Gasteiger partial charge in [0.2, 0.25) is 0 Å². The average Bonchev–Trinajstić information content (AvgIpc) is 2.75. The van der Waals surface area contributed by atoms with Crippen LogP contribution >= 0.6 is 0 Å². The van der Waals surface area contributed by atoms with E-state index in [1.54, 1.807) is 0 Å². The quantitative estimate of drug-likeness (QED) is 0.455. The summed E-state index contributed by atoms with van der Waals surface area (Å²) in [5.74, 6) is 0.540. The first kappa shape index (κ1) is 22.0. The number of hydrogen-bond acceptors (Lipinski definition) is 4. The van der Waals surface area contributed by atoms with E-state index in [2.05, 4.69) is 27.7 Å². The molecule has 0 N–H and O–H groups in total. The molecule has 1 aliphatic carbocycles. The molecule has 1 aliphatic rings. The predicted molar refractivity (Wildman–Crippen MR) is 100 cm³/mol. The van der Waals surface area contributed by atoms with Gasteiger partial charge in [0.05, 0.1) is 12.2 Å². The molecule has 0 spiro atoms. The molecule has 1 saturated carbocycles. The molecule has 2 unspecified atom stereocenters. The molecule has 0 aromatic rings. The Morgan fingerprint density at radius 2 is 1.28 bits per heavy atom. The van der Waals surface area contributed by atoms with E-state index >= 15 is 0 Å². The second-order valence-corrected chi connectivity index (χ2v) is 9.04. The molecule has 0 bridgehead atoms. The highest BCUT2D eigenvalue weighted by atomic mass is 16.6. The van der Waals surface area contributed by atoms with Gasteiger partial charge in [0.15, 0.2) is 5.41 Å². The van der Waals surface area contributed by atoms with Crippen molar-refractivity contribution in [2.45, 2.75) is 93.3 Å². The molecular weight excluding hydrogens is 316 g/mol. The molecule has 4 heteroatoms. The number of rotatable bonds is 8. The molecule has 0 aliphatic heterocycles. The Kier molecular flexibility index (Phi) is 7.95. The van der Waals surface area contributed by atoms with E-state index in [-0.39, 0.29) is 30.1 Å². The van der Waals surface area contributed by atoms with E-state index in [4.69, 9.17) is 9.47 Å². The lowest BCUT2D eigenvalue weighted by Crippen LogP contribution is -2.47. The van der Waals surface area contributed by atoms with Crippen molar-refractivity contribution in [3.63, 3.8) is 0 Å². The summed E-state index contributed by atoms with van der Waals surface area (Å²) in [7, 11) is 0. The molecule has 0 amide bonds. The first-order chi connectivity index (χ1) is 11.5. The van der Waals surface area contributed by atoms with Gasteiger partial charge in [-0.3, -0.25) is 9.59 Å². The molecule has 0 radical (unpaired) electrons. The molecule has 146 valence electrons. The summed E-state index contributed by atoms with van der Waals surface area (Å²) in [6.07, 6.45) is 2.83. The summed E-state index contributed by atoms with van der Waals surface area (Å²) >= 11 is 0. The Balaban J connectivity index is 3.29. The lowest BCUT2D eigenvalue weighted by Gasteiger charge is -2.36. The van der Waals surface area contributed by atoms with Crippen molar-refractivity contribution in [2.75, 3.05) is 0 Å². The molecule has 1 fully saturated rings. The van der Waals surface area contributed by atoms with Crippen LogP contribution in [0.5, 0.6) is 0 Å². The van der Waals surface area contributed by atoms with Gasteiger partial charge >= 0.3 is 11.9 Å². The summed E-state index contributed by atoms with van der Waals surface area (Å²) in [5, 5.41) is 0. The Morgan fingerprint density at radius 3 is 1.64 bits per heavy atom. The van der Waals surface area contributed by atoms with Crippen LogP contribution in [-0.4, -0.2) is 24.1 Å². The Morgan fingerprint density at radius 1 is 0.840 bits per heavy atom. The van der Waals surface area contributed by atoms with Crippen LogP contribution in [0.4, 0.5) is 0 Å². The standard InChI is InChI=1S/C21H38O4/c1-13(2)11-17-9-10-21(18(17)12-14(3)4,19(22)24-15(5)6)20(23)25-16(7)8/h13-18H,9-12H2,1-8H3. The minimum Gasteiger partial charge on any atom is -0.462 e. The van der Waals surface area contributed by atoms with E-state index in [0.29, 0.717) is 24.2 Å². The molecule has 2 atom stereocenters. The number of esters is 2. The minimum absolute atomic E-state index is 0.00704. The fourth-order valence-electron chi connectivity index (χ4n) is 4.22. The molecule has 4 nitrogen and oxygen atoms in total. The van der Waals surface area contributed by atoms with Gasteiger partial charge in [0.1, 0.15) is 0 Å². The first-order valence-corrected chi connectivity index (χ1v) is 9.92. The maximum absolute atomic E-state index is 13.1. The van der Waals surface area contributed by atoms with Crippen molar-refractivity contribution in [1.29, 1.82) is 0 Å². The maximum Gasteiger partial charge on any atom is 0.324 e. The van der Waals surface area contributed by atoms with Crippen LogP contribution in [-0.2, 0) is 19.1 Å². The van der Waals surface area contributed by atoms with Crippen LogP contribution in [0, 0.1) is 29.1 Å². The third-order valence-electron chi connectivity index (χ3n) is 5.02. The molecule has 0 saturated heterocycles. The van der Waals surface area contributed by atoms with E-state index in [1.165, 1.54) is 0 Å². The van der Waals surface area contributed by atoms with Crippen LogP contribution in [0.3, 0.4) is 0 Å². The van der Waals surface area contributed by atoms with E-state index in [9.17, 15) is 9.59 Å². The Labute approximate surface area is 154 Å². The third-order valence-corrected chi connectivity index (χ3v) is 5.02. The van der Waals surface area contributed by atoms with Crippen molar-refractivity contribution in [2.24, 2.45) is 29.1 Å². The van der Waals surface area contributed by atoms with Crippen molar-refractivity contribution in [3.8, 4) is 0 Å². The van der Waals surface area contributed by atoms with Gasteiger partial charge < -0.3 is 9.47 Å². The average molecular weight is 355 g/mol. The Bertz CT molecular complexity index is 429. The van der Waals surface area contributed by atoms with Crippen LogP contribution in [0.15, 0.2) is 0 Å². The zero-order valence-electron chi connectivity index (χ0n) is 17.4. The van der Waals surface area contributed by atoms with Crippen molar-refractivity contribution in [3.05, 3.63) is 0 Å². The summed E-state index contributed by atoms with van der Waals surface area (Å²) in [6.45, 7) is 16.0. The number of hydrogen-bond donors (Lipinski definition) is 0. The van der Waals surface area contributed by atoms with Gasteiger partial charge in [-0.1, -0.05) is 27.7 Å². The zero-order valence-corrected chi connectivity index (χ0v) is 17.4. The topological polar surface area (TPSA) is 52.6 Å². The van der Waals surface area contributed by atoms with Crippen molar-refractivity contribution < 1.29 is 19.1 Å². The largest absolute Gasteiger partial charge is 0.462 e. The molecule has 1 rings (SSSR count). The second-order valence-electron chi connectivity index (χ2n) is 9.04. The van der Waals surface area contributed by atoms with E-state index in [1.807, 2.05) is 27.7 Å². The highest BCUT2D eigenvalue weighted by molar-refractivity contribution is 6.01. The number of ether oxygens (including phenoxy) is 2. The molecule has 0 aromatic carbocycles. The van der Waals surface area contributed by atoms with Crippen LogP contribution in [0.25, 0.3) is 0 Å². The number of carbonyl (C=O) groups is 2. The van der Waals surface area contributed by atoms with Gasteiger partial charge in [0, 0.05) is 0 Å². The SMILES string of the molecule is CC(C)CC1CCC(C(=O)OC(C)C)(C(=O)OC(C)C)C1CC(C)C. The van der Waals surface area contributed by atoms with Crippen molar-refractivity contribution in [1.82, 2.24) is 0 Å². The van der Waals surface area contributed by atoms with Gasteiger partial charge in [-0.25, -0.2) is 0 Å². The third kappa shape index (κ3) is 5.46. The smallest absolute Gasteiger partial charge is 0.324 e. The van der Waals surface area contributed by atoms with Crippen molar-refractivity contribution >= 4 is 11.9 Å². The normalized spacial score (nSPS) is 22.9. The Hall–Kier alpha value is -1.06. The summed E-state index contributed by atoms with van der Waals surface area (Å²) < 4.78 is 11.1. The molecular formula is C21H38O4. The maximum atomic E-state index is 13.1. The van der Waals surface area contributed by atoms with Gasteiger partial charge in [-0.2, -0.15) is 0 Å². The van der Waals surface area contributed by atoms with Crippen LogP contribution in [0.2, 0.25) is 0 Å². The monoisotopic (exact) mass is 354 g/mol. The fourth-order valence-corrected chi connectivity index (χ4v) is 4.22. The highest BCUT2D eigenvalue weighted by Crippen LogP contribution is 2.53. The predicted octanol–water partition coefficient (Wildman–Crippen LogP) is 4.99. The van der Waals surface area contributed by atoms with Crippen LogP contribution in [0.1, 0.15) is 81.1 Å². The summed E-state index contributed by atoms with van der Waals surface area (Å²) in [4.78, 5) is 26.2. The van der Waals surface area contributed by atoms with E-state index < -0.39 is 5.41 Å². The van der Waals surface area contributed by atoms with Gasteiger partial charge in [-0.05, 0) is 77.0 Å². The molecule has 25 heavy (non-hydrogen) atoms.